The summed E-state index contributed by atoms with van der Waals surface area (Å²) in [5.41, 5.74) is -0.781. The number of carbonyl (C=O) groups excluding carboxylic acids is 2. The highest BCUT2D eigenvalue weighted by Crippen LogP contribution is 2.27. The first-order chi connectivity index (χ1) is 12.2. The summed E-state index contributed by atoms with van der Waals surface area (Å²) in [7, 11) is 0. The topological polar surface area (TPSA) is 89.4 Å². The van der Waals surface area contributed by atoms with Gasteiger partial charge in [0, 0.05) is 24.8 Å². The Morgan fingerprint density at radius 3 is 2.58 bits per heavy atom. The molecule has 1 aromatic heterocycles. The van der Waals surface area contributed by atoms with Crippen LogP contribution >= 0.6 is 0 Å². The van der Waals surface area contributed by atoms with Gasteiger partial charge in [-0.15, -0.1) is 0 Å². The number of amides is 2. The van der Waals surface area contributed by atoms with Gasteiger partial charge < -0.3 is 19.9 Å². The van der Waals surface area contributed by atoms with Crippen LogP contribution < -0.4 is 16.2 Å². The van der Waals surface area contributed by atoms with Crippen molar-refractivity contribution in [1.82, 2.24) is 15.2 Å². The van der Waals surface area contributed by atoms with E-state index < -0.39 is 11.7 Å². The number of hydrogen-bond acceptors (Lipinski definition) is 4. The van der Waals surface area contributed by atoms with Crippen LogP contribution in [0, 0.1) is 5.92 Å². The molecule has 0 saturated heterocycles. The predicted molar refractivity (Wildman–Crippen MR) is 98.8 cm³/mol. The van der Waals surface area contributed by atoms with Gasteiger partial charge in [0.25, 0.3) is 5.56 Å². The molecule has 0 bridgehead atoms. The monoisotopic (exact) mass is 363 g/mol. The van der Waals surface area contributed by atoms with Crippen molar-refractivity contribution in [2.75, 3.05) is 6.54 Å². The van der Waals surface area contributed by atoms with Crippen LogP contribution in [-0.2, 0) is 16.1 Å². The molecule has 2 rings (SSSR count). The lowest BCUT2D eigenvalue weighted by Gasteiger charge is -2.26. The zero-order chi connectivity index (χ0) is 19.2. The first-order valence-corrected chi connectivity index (χ1v) is 9.16. The molecule has 0 spiro atoms. The van der Waals surface area contributed by atoms with E-state index in [0.29, 0.717) is 12.5 Å². The minimum Gasteiger partial charge on any atom is -0.444 e. The lowest BCUT2D eigenvalue weighted by molar-refractivity contribution is -0.122. The molecule has 1 unspecified atom stereocenters. The summed E-state index contributed by atoms with van der Waals surface area (Å²) in [5, 5.41) is 5.74. The molecule has 1 aromatic rings. The molecule has 26 heavy (non-hydrogen) atoms. The number of ether oxygens (including phenoxy) is 1. The lowest BCUT2D eigenvalue weighted by Crippen LogP contribution is -2.49. The van der Waals surface area contributed by atoms with Crippen molar-refractivity contribution in [2.45, 2.75) is 64.6 Å². The summed E-state index contributed by atoms with van der Waals surface area (Å²) >= 11 is 0. The quantitative estimate of drug-likeness (QED) is 0.809. The van der Waals surface area contributed by atoms with E-state index in [4.69, 9.17) is 4.74 Å². The van der Waals surface area contributed by atoms with E-state index in [1.54, 1.807) is 39.1 Å². The summed E-state index contributed by atoms with van der Waals surface area (Å²) in [6, 6.07) is 4.61. The number of pyridine rings is 1. The average molecular weight is 363 g/mol. The predicted octanol–water partition coefficient (Wildman–Crippen LogP) is 2.05. The normalized spacial score (nSPS) is 16.1. The van der Waals surface area contributed by atoms with Crippen LogP contribution in [0.15, 0.2) is 29.2 Å². The molecule has 0 aliphatic heterocycles. The summed E-state index contributed by atoms with van der Waals surface area (Å²) in [6.45, 7) is 5.70. The minimum absolute atomic E-state index is 0.0324. The maximum atomic E-state index is 12.4. The number of nitrogens with zero attached hydrogens (tertiary/aromatic N) is 1. The van der Waals surface area contributed by atoms with Gasteiger partial charge in [0.1, 0.15) is 12.1 Å². The van der Waals surface area contributed by atoms with E-state index in [1.165, 1.54) is 10.6 Å². The van der Waals surface area contributed by atoms with Gasteiger partial charge in [-0.2, -0.15) is 0 Å². The Morgan fingerprint density at radius 2 is 1.96 bits per heavy atom. The highest BCUT2D eigenvalue weighted by Gasteiger charge is 2.27. The molecular formula is C19H29N3O4. The van der Waals surface area contributed by atoms with E-state index in [1.807, 2.05) is 0 Å². The molecule has 1 atom stereocenters. The van der Waals surface area contributed by atoms with Crippen LogP contribution in [-0.4, -0.2) is 34.8 Å². The Balaban J connectivity index is 1.94. The highest BCUT2D eigenvalue weighted by molar-refractivity contribution is 5.76. The van der Waals surface area contributed by atoms with Crippen molar-refractivity contribution in [3.63, 3.8) is 0 Å². The fourth-order valence-corrected chi connectivity index (χ4v) is 3.20. The lowest BCUT2D eigenvalue weighted by atomic mass is 9.98. The van der Waals surface area contributed by atoms with Crippen molar-refractivity contribution in [2.24, 2.45) is 5.92 Å². The molecule has 1 aliphatic rings. The van der Waals surface area contributed by atoms with Gasteiger partial charge in [-0.05, 0) is 45.6 Å². The average Bonchev–Trinajstić information content (AvgIpc) is 3.06. The van der Waals surface area contributed by atoms with E-state index >= 15 is 0 Å². The second kappa shape index (κ2) is 8.87. The number of rotatable bonds is 6. The second-order valence-corrected chi connectivity index (χ2v) is 7.77. The molecule has 2 amide bonds. The summed E-state index contributed by atoms with van der Waals surface area (Å²) in [5.74, 6) is 0.0857. The van der Waals surface area contributed by atoms with Crippen LogP contribution in [0.4, 0.5) is 4.79 Å². The smallest absolute Gasteiger partial charge is 0.407 e. The Hall–Kier alpha value is -2.31. The van der Waals surface area contributed by atoms with E-state index in [-0.39, 0.29) is 24.1 Å². The Morgan fingerprint density at radius 1 is 1.27 bits per heavy atom. The molecule has 0 aromatic carbocycles. The summed E-state index contributed by atoms with van der Waals surface area (Å²) < 4.78 is 6.62. The number of carbonyl (C=O) groups is 2. The van der Waals surface area contributed by atoms with Gasteiger partial charge in [-0.1, -0.05) is 18.9 Å². The summed E-state index contributed by atoms with van der Waals surface area (Å²) in [6.07, 6.45) is 5.39. The SMILES string of the molecule is CC(C)(C)OC(=O)NCC(NC(=O)Cn1ccccc1=O)C1CCCC1. The molecule has 7 nitrogen and oxygen atoms in total. The van der Waals surface area contributed by atoms with Crippen molar-refractivity contribution < 1.29 is 14.3 Å². The van der Waals surface area contributed by atoms with Crippen LogP contribution in [0.25, 0.3) is 0 Å². The molecule has 1 aliphatic carbocycles. The first-order valence-electron chi connectivity index (χ1n) is 9.16. The highest BCUT2D eigenvalue weighted by atomic mass is 16.6. The zero-order valence-electron chi connectivity index (χ0n) is 15.8. The minimum atomic E-state index is -0.565. The molecule has 0 radical (unpaired) electrons. The largest absolute Gasteiger partial charge is 0.444 e. The third-order valence-corrected chi connectivity index (χ3v) is 4.39. The third kappa shape index (κ3) is 6.54. The van der Waals surface area contributed by atoms with Crippen LogP contribution in [0.5, 0.6) is 0 Å². The third-order valence-electron chi connectivity index (χ3n) is 4.39. The first kappa shape index (κ1) is 20.0. The van der Waals surface area contributed by atoms with Crippen molar-refractivity contribution in [3.05, 3.63) is 34.7 Å². The van der Waals surface area contributed by atoms with E-state index in [0.717, 1.165) is 25.7 Å². The van der Waals surface area contributed by atoms with Gasteiger partial charge in [0.05, 0.1) is 0 Å². The van der Waals surface area contributed by atoms with Crippen LogP contribution in [0.2, 0.25) is 0 Å². The number of alkyl carbamates (subject to hydrolysis) is 1. The van der Waals surface area contributed by atoms with E-state index in [9.17, 15) is 14.4 Å². The molecular weight excluding hydrogens is 334 g/mol. The molecule has 1 heterocycles. The van der Waals surface area contributed by atoms with Crippen molar-refractivity contribution >= 4 is 12.0 Å². The van der Waals surface area contributed by atoms with Gasteiger partial charge in [-0.25, -0.2) is 4.79 Å². The number of aromatic nitrogens is 1. The Kier molecular flexibility index (Phi) is 6.83. The van der Waals surface area contributed by atoms with Crippen LogP contribution in [0.1, 0.15) is 46.5 Å². The van der Waals surface area contributed by atoms with E-state index in [2.05, 4.69) is 10.6 Å². The standard InChI is InChI=1S/C19H29N3O4/c1-19(2,3)26-18(25)20-12-15(14-8-4-5-9-14)21-16(23)13-22-11-7-6-10-17(22)24/h6-7,10-11,14-15H,4-5,8-9,12-13H2,1-3H3,(H,20,25)(H,21,23). The van der Waals surface area contributed by atoms with Crippen LogP contribution in [0.3, 0.4) is 0 Å². The van der Waals surface area contributed by atoms with Crippen molar-refractivity contribution in [3.8, 4) is 0 Å². The van der Waals surface area contributed by atoms with Gasteiger partial charge in [0.15, 0.2) is 0 Å². The van der Waals surface area contributed by atoms with Gasteiger partial charge >= 0.3 is 6.09 Å². The maximum absolute atomic E-state index is 12.4. The molecule has 144 valence electrons. The molecule has 7 heteroatoms. The molecule has 2 N–H and O–H groups in total. The fraction of sp³-hybridized carbons (Fsp3) is 0.632. The Labute approximate surface area is 154 Å². The number of hydrogen-bond donors (Lipinski definition) is 2. The van der Waals surface area contributed by atoms with Gasteiger partial charge in [-0.3, -0.25) is 9.59 Å². The van der Waals surface area contributed by atoms with Crippen molar-refractivity contribution in [1.29, 1.82) is 0 Å². The van der Waals surface area contributed by atoms with Gasteiger partial charge in [0.2, 0.25) is 5.91 Å². The fourth-order valence-electron chi connectivity index (χ4n) is 3.20. The second-order valence-electron chi connectivity index (χ2n) is 7.77. The zero-order valence-corrected chi connectivity index (χ0v) is 15.8. The summed E-state index contributed by atoms with van der Waals surface area (Å²) in [4.78, 5) is 36.1. The molecule has 1 saturated carbocycles. The molecule has 1 fully saturated rings. The Bertz CT molecular complexity index is 672. The maximum Gasteiger partial charge on any atom is 0.407 e. The number of nitrogens with one attached hydrogen (secondary N) is 2.